The molecule has 6 heteroatoms. The Morgan fingerprint density at radius 2 is 1.94 bits per heavy atom. The highest BCUT2D eigenvalue weighted by atomic mass is 32.2. The van der Waals surface area contributed by atoms with Crippen molar-refractivity contribution in [2.24, 2.45) is 11.8 Å². The molecule has 2 saturated heterocycles. The molecule has 2 rings (SSSR count). The molecule has 18 heavy (non-hydrogen) atoms. The number of nitrogens with zero attached hydrogens (tertiary/aromatic N) is 2. The minimum Gasteiger partial charge on any atom is -0.481 e. The molecule has 2 amide bonds. The van der Waals surface area contributed by atoms with Crippen LogP contribution in [-0.2, 0) is 4.79 Å². The number of thioether (sulfide) groups is 1. The Hall–Kier alpha value is -0.910. The van der Waals surface area contributed by atoms with Gasteiger partial charge in [-0.1, -0.05) is 6.92 Å². The zero-order valence-electron chi connectivity index (χ0n) is 10.7. The molecule has 0 aliphatic carbocycles. The minimum atomic E-state index is -0.765. The summed E-state index contributed by atoms with van der Waals surface area (Å²) in [4.78, 5) is 26.7. The van der Waals surface area contributed by atoms with Gasteiger partial charge in [-0.05, 0) is 12.2 Å². The van der Waals surface area contributed by atoms with Crippen molar-refractivity contribution in [3.8, 4) is 0 Å². The SMILES string of the molecule is CC(C(=O)O)C1CN(C(=O)N2CCCSCC2)C1. The monoisotopic (exact) mass is 272 g/mol. The van der Waals surface area contributed by atoms with Gasteiger partial charge in [-0.3, -0.25) is 4.79 Å². The summed E-state index contributed by atoms with van der Waals surface area (Å²) in [6.07, 6.45) is 1.05. The third kappa shape index (κ3) is 2.91. The van der Waals surface area contributed by atoms with E-state index in [-0.39, 0.29) is 17.9 Å². The average molecular weight is 272 g/mol. The number of carboxylic acids is 1. The summed E-state index contributed by atoms with van der Waals surface area (Å²) < 4.78 is 0. The molecule has 2 heterocycles. The van der Waals surface area contributed by atoms with Crippen molar-refractivity contribution in [2.45, 2.75) is 13.3 Å². The van der Waals surface area contributed by atoms with Crippen LogP contribution in [-0.4, -0.2) is 64.6 Å². The van der Waals surface area contributed by atoms with E-state index < -0.39 is 5.97 Å². The van der Waals surface area contributed by atoms with Gasteiger partial charge in [-0.25, -0.2) is 4.79 Å². The number of carboxylic acid groups (broad SMARTS) is 1. The fraction of sp³-hybridized carbons (Fsp3) is 0.833. The second-order valence-electron chi connectivity index (χ2n) is 5.03. The van der Waals surface area contributed by atoms with Crippen LogP contribution in [0.5, 0.6) is 0 Å². The molecule has 2 aliphatic heterocycles. The Morgan fingerprint density at radius 3 is 2.61 bits per heavy atom. The van der Waals surface area contributed by atoms with E-state index in [0.29, 0.717) is 13.1 Å². The van der Waals surface area contributed by atoms with Crippen molar-refractivity contribution >= 4 is 23.8 Å². The largest absolute Gasteiger partial charge is 0.481 e. The second kappa shape index (κ2) is 5.82. The Kier molecular flexibility index (Phi) is 4.37. The predicted molar refractivity (Wildman–Crippen MR) is 70.8 cm³/mol. The summed E-state index contributed by atoms with van der Waals surface area (Å²) in [5.41, 5.74) is 0. The van der Waals surface area contributed by atoms with Crippen LogP contribution in [0.4, 0.5) is 4.79 Å². The van der Waals surface area contributed by atoms with Crippen molar-refractivity contribution in [1.29, 1.82) is 0 Å². The number of urea groups is 1. The third-order valence-corrected chi connectivity index (χ3v) is 4.82. The van der Waals surface area contributed by atoms with Crippen molar-refractivity contribution in [3.05, 3.63) is 0 Å². The van der Waals surface area contributed by atoms with E-state index in [0.717, 1.165) is 31.0 Å². The summed E-state index contributed by atoms with van der Waals surface area (Å²) >= 11 is 1.89. The lowest BCUT2D eigenvalue weighted by atomic mass is 9.87. The topological polar surface area (TPSA) is 60.9 Å². The lowest BCUT2D eigenvalue weighted by molar-refractivity contribution is -0.144. The highest BCUT2D eigenvalue weighted by Crippen LogP contribution is 2.25. The van der Waals surface area contributed by atoms with E-state index in [2.05, 4.69) is 0 Å². The standard InChI is InChI=1S/C12H20N2O3S/c1-9(11(15)16)10-7-14(8-10)12(17)13-3-2-5-18-6-4-13/h9-10H,2-8H2,1H3,(H,15,16). The maximum Gasteiger partial charge on any atom is 0.320 e. The van der Waals surface area contributed by atoms with Gasteiger partial charge in [-0.15, -0.1) is 0 Å². The Morgan fingerprint density at radius 1 is 1.22 bits per heavy atom. The number of carbonyl (C=O) groups is 2. The molecule has 2 aliphatic rings. The molecule has 0 bridgehead atoms. The van der Waals surface area contributed by atoms with Gasteiger partial charge in [0.1, 0.15) is 0 Å². The summed E-state index contributed by atoms with van der Waals surface area (Å²) in [7, 11) is 0. The van der Waals surface area contributed by atoms with Crippen LogP contribution in [0.1, 0.15) is 13.3 Å². The third-order valence-electron chi connectivity index (χ3n) is 3.77. The van der Waals surface area contributed by atoms with Crippen LogP contribution in [0.25, 0.3) is 0 Å². The molecule has 1 unspecified atom stereocenters. The van der Waals surface area contributed by atoms with E-state index in [4.69, 9.17) is 5.11 Å². The van der Waals surface area contributed by atoms with Crippen LogP contribution in [0.3, 0.4) is 0 Å². The van der Waals surface area contributed by atoms with Crippen LogP contribution in [0, 0.1) is 11.8 Å². The van der Waals surface area contributed by atoms with Crippen molar-refractivity contribution < 1.29 is 14.7 Å². The van der Waals surface area contributed by atoms with Crippen LogP contribution >= 0.6 is 11.8 Å². The molecule has 1 N–H and O–H groups in total. The number of aliphatic carboxylic acids is 1. The summed E-state index contributed by atoms with van der Waals surface area (Å²) in [5, 5.41) is 8.91. The molecular formula is C12H20N2O3S. The first-order valence-corrected chi connectivity index (χ1v) is 7.59. The van der Waals surface area contributed by atoms with Crippen molar-refractivity contribution in [1.82, 2.24) is 9.80 Å². The second-order valence-corrected chi connectivity index (χ2v) is 6.25. The van der Waals surface area contributed by atoms with Crippen LogP contribution in [0.15, 0.2) is 0 Å². The molecule has 5 nitrogen and oxygen atoms in total. The molecule has 0 aromatic rings. The van der Waals surface area contributed by atoms with Crippen LogP contribution < -0.4 is 0 Å². The number of hydrogen-bond donors (Lipinski definition) is 1. The van der Waals surface area contributed by atoms with Gasteiger partial charge in [-0.2, -0.15) is 11.8 Å². The highest BCUT2D eigenvalue weighted by Gasteiger charge is 2.38. The maximum atomic E-state index is 12.2. The minimum absolute atomic E-state index is 0.0892. The van der Waals surface area contributed by atoms with Crippen molar-refractivity contribution in [2.75, 3.05) is 37.7 Å². The molecule has 2 fully saturated rings. The number of likely N-dealkylation sites (tertiary alicyclic amines) is 1. The molecule has 0 radical (unpaired) electrons. The van der Waals surface area contributed by atoms with E-state index in [1.807, 2.05) is 16.7 Å². The highest BCUT2D eigenvalue weighted by molar-refractivity contribution is 7.99. The molecule has 0 saturated carbocycles. The molecule has 1 atom stereocenters. The number of rotatable bonds is 2. The average Bonchev–Trinajstić information content (AvgIpc) is 2.54. The zero-order valence-corrected chi connectivity index (χ0v) is 11.5. The summed E-state index contributed by atoms with van der Waals surface area (Å²) in [6, 6.07) is 0.0892. The molecular weight excluding hydrogens is 252 g/mol. The smallest absolute Gasteiger partial charge is 0.320 e. The van der Waals surface area contributed by atoms with Gasteiger partial charge in [0.2, 0.25) is 0 Å². The fourth-order valence-corrected chi connectivity index (χ4v) is 3.21. The summed E-state index contributed by atoms with van der Waals surface area (Å²) in [5.74, 6) is 1.14. The number of hydrogen-bond acceptors (Lipinski definition) is 3. The lowest BCUT2D eigenvalue weighted by Crippen LogP contribution is -2.57. The zero-order chi connectivity index (χ0) is 13.1. The van der Waals surface area contributed by atoms with E-state index in [9.17, 15) is 9.59 Å². The lowest BCUT2D eigenvalue weighted by Gasteiger charge is -2.43. The molecule has 0 aromatic heterocycles. The van der Waals surface area contributed by atoms with Gasteiger partial charge in [0.15, 0.2) is 0 Å². The Bertz CT molecular complexity index is 323. The van der Waals surface area contributed by atoms with E-state index >= 15 is 0 Å². The molecule has 0 aromatic carbocycles. The van der Waals surface area contributed by atoms with Gasteiger partial charge < -0.3 is 14.9 Å². The Balaban J connectivity index is 1.80. The van der Waals surface area contributed by atoms with Gasteiger partial charge in [0.25, 0.3) is 0 Å². The van der Waals surface area contributed by atoms with Crippen LogP contribution in [0.2, 0.25) is 0 Å². The quantitative estimate of drug-likeness (QED) is 0.820. The first-order valence-electron chi connectivity index (χ1n) is 6.44. The van der Waals surface area contributed by atoms with Crippen molar-refractivity contribution in [3.63, 3.8) is 0 Å². The Labute approximate surface area is 112 Å². The first-order chi connectivity index (χ1) is 8.59. The first kappa shape index (κ1) is 13.5. The normalized spacial score (nSPS) is 23.2. The number of carbonyl (C=O) groups excluding carboxylic acids is 1. The van der Waals surface area contributed by atoms with Gasteiger partial charge in [0, 0.05) is 37.8 Å². The maximum absolute atomic E-state index is 12.2. The van der Waals surface area contributed by atoms with E-state index in [1.54, 1.807) is 11.8 Å². The van der Waals surface area contributed by atoms with Gasteiger partial charge >= 0.3 is 12.0 Å². The molecule has 0 spiro atoms. The summed E-state index contributed by atoms with van der Waals surface area (Å²) in [6.45, 7) is 4.56. The predicted octanol–water partition coefficient (Wildman–Crippen LogP) is 1.20. The molecule has 102 valence electrons. The number of amides is 2. The van der Waals surface area contributed by atoms with E-state index in [1.165, 1.54) is 0 Å². The fourth-order valence-electron chi connectivity index (χ4n) is 2.32. The van der Waals surface area contributed by atoms with Gasteiger partial charge in [0.05, 0.1) is 5.92 Å².